The van der Waals surface area contributed by atoms with Crippen molar-refractivity contribution < 1.29 is 13.2 Å². The predicted molar refractivity (Wildman–Crippen MR) is 117 cm³/mol. The van der Waals surface area contributed by atoms with Crippen molar-refractivity contribution in [1.29, 1.82) is 0 Å². The monoisotopic (exact) mass is 417 g/mol. The largest absolute Gasteiger partial charge is 0.495 e. The Morgan fingerprint density at radius 1 is 1.03 bits per heavy atom. The van der Waals surface area contributed by atoms with Crippen LogP contribution in [0, 0.1) is 13.8 Å². The fourth-order valence-electron chi connectivity index (χ4n) is 3.79. The molecular weight excluding hydrogens is 386 g/mol. The van der Waals surface area contributed by atoms with Crippen LogP contribution >= 0.6 is 0 Å². The second kappa shape index (κ2) is 9.61. The van der Waals surface area contributed by atoms with Crippen LogP contribution in [-0.4, -0.2) is 59.7 Å². The fraction of sp³-hybridized carbons (Fsp3) is 0.455. The van der Waals surface area contributed by atoms with E-state index in [1.807, 2.05) is 44.2 Å². The van der Waals surface area contributed by atoms with Crippen molar-refractivity contribution in [1.82, 2.24) is 9.62 Å². The molecule has 0 atom stereocenters. The number of aryl methyl sites for hydroxylation is 2. The highest BCUT2D eigenvalue weighted by Gasteiger charge is 2.20. The van der Waals surface area contributed by atoms with Gasteiger partial charge in [-0.25, -0.2) is 13.1 Å². The Hall–Kier alpha value is -2.09. The number of rotatable bonds is 8. The molecule has 0 amide bonds. The molecule has 1 fully saturated rings. The van der Waals surface area contributed by atoms with E-state index in [2.05, 4.69) is 20.6 Å². The van der Waals surface area contributed by atoms with Gasteiger partial charge in [-0.15, -0.1) is 0 Å². The molecule has 1 aliphatic rings. The lowest BCUT2D eigenvalue weighted by molar-refractivity contribution is 0.254. The lowest BCUT2D eigenvalue weighted by atomic mass is 10.2. The van der Waals surface area contributed by atoms with Crippen molar-refractivity contribution in [2.75, 3.05) is 51.3 Å². The van der Waals surface area contributed by atoms with Gasteiger partial charge in [0.15, 0.2) is 0 Å². The lowest BCUT2D eigenvalue weighted by Gasteiger charge is -2.36. The van der Waals surface area contributed by atoms with E-state index in [1.165, 1.54) is 0 Å². The lowest BCUT2D eigenvalue weighted by Crippen LogP contribution is -2.47. The highest BCUT2D eigenvalue weighted by atomic mass is 32.2. The zero-order valence-corrected chi connectivity index (χ0v) is 18.3. The van der Waals surface area contributed by atoms with Crippen LogP contribution in [0.15, 0.2) is 47.4 Å². The van der Waals surface area contributed by atoms with E-state index in [0.29, 0.717) is 11.4 Å². The molecule has 0 bridgehead atoms. The predicted octanol–water partition coefficient (Wildman–Crippen LogP) is 2.80. The van der Waals surface area contributed by atoms with Crippen molar-refractivity contribution >= 4 is 15.7 Å². The third kappa shape index (κ3) is 5.50. The molecule has 1 saturated heterocycles. The van der Waals surface area contributed by atoms with Crippen molar-refractivity contribution in [3.05, 3.63) is 53.6 Å². The zero-order valence-electron chi connectivity index (χ0n) is 17.5. The van der Waals surface area contributed by atoms with Gasteiger partial charge in [0.05, 0.1) is 17.7 Å². The molecule has 6 nitrogen and oxygen atoms in total. The average Bonchev–Trinajstić information content (AvgIpc) is 2.71. The molecule has 7 heteroatoms. The Balaban J connectivity index is 1.44. The summed E-state index contributed by atoms with van der Waals surface area (Å²) in [5, 5.41) is 0. The van der Waals surface area contributed by atoms with Crippen LogP contribution in [-0.2, 0) is 10.0 Å². The number of sulfonamides is 1. The SMILES string of the molecule is COc1ccccc1N1CCN(CCCNS(=O)(=O)c2ccc(C)cc2C)CC1. The summed E-state index contributed by atoms with van der Waals surface area (Å²) in [7, 11) is -1.75. The summed E-state index contributed by atoms with van der Waals surface area (Å²) in [6.07, 6.45) is 0.790. The minimum absolute atomic E-state index is 0.369. The number of piperazine rings is 1. The van der Waals surface area contributed by atoms with E-state index in [0.717, 1.165) is 61.7 Å². The summed E-state index contributed by atoms with van der Waals surface area (Å²) >= 11 is 0. The molecular formula is C22H31N3O3S. The molecule has 2 aromatic carbocycles. The highest BCUT2D eigenvalue weighted by Crippen LogP contribution is 2.28. The van der Waals surface area contributed by atoms with Gasteiger partial charge < -0.3 is 9.64 Å². The first-order valence-electron chi connectivity index (χ1n) is 10.1. The third-order valence-electron chi connectivity index (χ3n) is 5.36. The highest BCUT2D eigenvalue weighted by molar-refractivity contribution is 7.89. The second-order valence-corrected chi connectivity index (χ2v) is 9.26. The van der Waals surface area contributed by atoms with Gasteiger partial charge in [0, 0.05) is 32.7 Å². The van der Waals surface area contributed by atoms with Gasteiger partial charge in [0.2, 0.25) is 10.0 Å². The van der Waals surface area contributed by atoms with E-state index in [4.69, 9.17) is 4.74 Å². The topological polar surface area (TPSA) is 61.9 Å². The molecule has 2 aromatic rings. The van der Waals surface area contributed by atoms with Gasteiger partial charge in [0.1, 0.15) is 5.75 Å². The van der Waals surface area contributed by atoms with E-state index in [-0.39, 0.29) is 0 Å². The van der Waals surface area contributed by atoms with Crippen LogP contribution in [0.4, 0.5) is 5.69 Å². The summed E-state index contributed by atoms with van der Waals surface area (Å²) in [6.45, 7) is 8.93. The smallest absolute Gasteiger partial charge is 0.240 e. The molecule has 0 spiro atoms. The van der Waals surface area contributed by atoms with E-state index in [1.54, 1.807) is 13.2 Å². The van der Waals surface area contributed by atoms with Crippen molar-refractivity contribution in [3.8, 4) is 5.75 Å². The van der Waals surface area contributed by atoms with Gasteiger partial charge in [-0.3, -0.25) is 4.90 Å². The van der Waals surface area contributed by atoms with Crippen LogP contribution in [0.5, 0.6) is 5.75 Å². The number of nitrogens with zero attached hydrogens (tertiary/aromatic N) is 2. The van der Waals surface area contributed by atoms with Gasteiger partial charge >= 0.3 is 0 Å². The first-order chi connectivity index (χ1) is 13.9. The molecule has 0 saturated carbocycles. The molecule has 3 rings (SSSR count). The Morgan fingerprint density at radius 3 is 2.45 bits per heavy atom. The van der Waals surface area contributed by atoms with E-state index in [9.17, 15) is 8.42 Å². The third-order valence-corrected chi connectivity index (χ3v) is 6.98. The van der Waals surface area contributed by atoms with Gasteiger partial charge in [-0.05, 0) is 50.6 Å². The quantitative estimate of drug-likeness (QED) is 0.669. The summed E-state index contributed by atoms with van der Waals surface area (Å²) in [5.41, 5.74) is 2.98. The molecule has 29 heavy (non-hydrogen) atoms. The molecule has 1 aliphatic heterocycles. The molecule has 0 aliphatic carbocycles. The molecule has 1 N–H and O–H groups in total. The molecule has 0 radical (unpaired) electrons. The number of anilines is 1. The number of hydrogen-bond acceptors (Lipinski definition) is 5. The number of para-hydroxylation sites is 2. The van der Waals surface area contributed by atoms with Crippen LogP contribution < -0.4 is 14.4 Å². The molecule has 1 heterocycles. The zero-order chi connectivity index (χ0) is 20.9. The minimum atomic E-state index is -3.45. The van der Waals surface area contributed by atoms with Crippen molar-refractivity contribution in [2.45, 2.75) is 25.2 Å². The second-order valence-electron chi connectivity index (χ2n) is 7.52. The first-order valence-corrected chi connectivity index (χ1v) is 11.6. The Kier molecular flexibility index (Phi) is 7.16. The Labute approximate surface area is 174 Å². The maximum Gasteiger partial charge on any atom is 0.240 e. The van der Waals surface area contributed by atoms with Crippen LogP contribution in [0.2, 0.25) is 0 Å². The normalized spacial score (nSPS) is 15.5. The maximum absolute atomic E-state index is 12.5. The average molecular weight is 418 g/mol. The van der Waals surface area contributed by atoms with E-state index < -0.39 is 10.0 Å². The number of hydrogen-bond donors (Lipinski definition) is 1. The van der Waals surface area contributed by atoms with Gasteiger partial charge in [-0.2, -0.15) is 0 Å². The van der Waals surface area contributed by atoms with Gasteiger partial charge in [-0.1, -0.05) is 29.8 Å². The van der Waals surface area contributed by atoms with Crippen molar-refractivity contribution in [2.24, 2.45) is 0 Å². The molecule has 0 aromatic heterocycles. The number of ether oxygens (including phenoxy) is 1. The Morgan fingerprint density at radius 2 is 1.76 bits per heavy atom. The van der Waals surface area contributed by atoms with Gasteiger partial charge in [0.25, 0.3) is 0 Å². The number of methoxy groups -OCH3 is 1. The fourth-order valence-corrected chi connectivity index (χ4v) is 5.09. The summed E-state index contributed by atoms with van der Waals surface area (Å²) in [6, 6.07) is 13.5. The van der Waals surface area contributed by atoms with Crippen LogP contribution in [0.1, 0.15) is 17.5 Å². The van der Waals surface area contributed by atoms with Crippen LogP contribution in [0.3, 0.4) is 0 Å². The molecule has 0 unspecified atom stereocenters. The molecule has 158 valence electrons. The minimum Gasteiger partial charge on any atom is -0.495 e. The van der Waals surface area contributed by atoms with Crippen molar-refractivity contribution in [3.63, 3.8) is 0 Å². The van der Waals surface area contributed by atoms with E-state index >= 15 is 0 Å². The van der Waals surface area contributed by atoms with Crippen LogP contribution in [0.25, 0.3) is 0 Å². The summed E-state index contributed by atoms with van der Waals surface area (Å²) in [5.74, 6) is 0.904. The summed E-state index contributed by atoms with van der Waals surface area (Å²) < 4.78 is 33.3. The standard InChI is InChI=1S/C22H31N3O3S/c1-18-9-10-22(19(2)17-18)29(26,27)23-11-6-12-24-13-15-25(16-14-24)20-7-4-5-8-21(20)28-3/h4-5,7-10,17,23H,6,11-16H2,1-3H3. The summed E-state index contributed by atoms with van der Waals surface area (Å²) in [4.78, 5) is 5.10. The number of benzene rings is 2. The first kappa shape index (κ1) is 21.6. The maximum atomic E-state index is 12.5. The number of nitrogens with one attached hydrogen (secondary N) is 1. The Bertz CT molecular complexity index is 923.